The highest BCUT2D eigenvalue weighted by Gasteiger charge is 2.30. The fourth-order valence-electron chi connectivity index (χ4n) is 2.29. The Morgan fingerprint density at radius 2 is 2.19 bits per heavy atom. The third-order valence-electron chi connectivity index (χ3n) is 3.41. The minimum atomic E-state index is -1.11. The standard InChI is InChI=1S/C14H11N3O3S/c18-14(19)16-13-10(8-3-1-2-4-9(8)21-13)12-15-11(17-20-12)7-5-6-7/h1-4,7,16H,5-6H2,(H,18,19). The van der Waals surface area contributed by atoms with Crippen molar-refractivity contribution in [1.29, 1.82) is 0 Å². The van der Waals surface area contributed by atoms with Crippen molar-refractivity contribution in [3.63, 3.8) is 0 Å². The lowest BCUT2D eigenvalue weighted by Crippen LogP contribution is -2.06. The summed E-state index contributed by atoms with van der Waals surface area (Å²) in [6.07, 6.45) is 1.07. The number of thiophene rings is 1. The molecule has 0 saturated heterocycles. The molecular formula is C14H11N3O3S. The second kappa shape index (κ2) is 4.56. The smallest absolute Gasteiger partial charge is 0.409 e. The van der Waals surface area contributed by atoms with Crippen LogP contribution in [0.4, 0.5) is 9.80 Å². The molecule has 1 saturated carbocycles. The molecular weight excluding hydrogens is 290 g/mol. The number of carboxylic acid groups (broad SMARTS) is 1. The lowest BCUT2D eigenvalue weighted by Gasteiger charge is -1.99. The topological polar surface area (TPSA) is 88.2 Å². The number of benzene rings is 1. The molecule has 106 valence electrons. The summed E-state index contributed by atoms with van der Waals surface area (Å²) >= 11 is 1.36. The van der Waals surface area contributed by atoms with E-state index in [1.54, 1.807) is 0 Å². The first-order chi connectivity index (χ1) is 10.2. The summed E-state index contributed by atoms with van der Waals surface area (Å²) in [4.78, 5) is 15.4. The van der Waals surface area contributed by atoms with Crippen molar-refractivity contribution in [3.8, 4) is 11.5 Å². The van der Waals surface area contributed by atoms with Crippen molar-refractivity contribution >= 4 is 32.5 Å². The van der Waals surface area contributed by atoms with Crippen LogP contribution in [0.15, 0.2) is 28.8 Å². The lowest BCUT2D eigenvalue weighted by atomic mass is 10.1. The van der Waals surface area contributed by atoms with E-state index in [0.717, 1.165) is 22.9 Å². The SMILES string of the molecule is O=C(O)Nc1sc2ccccc2c1-c1nc(C2CC2)no1. The highest BCUT2D eigenvalue weighted by atomic mass is 32.1. The van der Waals surface area contributed by atoms with Gasteiger partial charge in [0.1, 0.15) is 5.00 Å². The van der Waals surface area contributed by atoms with Gasteiger partial charge in [-0.1, -0.05) is 23.4 Å². The second-order valence-corrected chi connectivity index (χ2v) is 6.02. The van der Waals surface area contributed by atoms with E-state index in [0.29, 0.717) is 28.2 Å². The van der Waals surface area contributed by atoms with E-state index in [4.69, 9.17) is 9.63 Å². The number of rotatable bonds is 3. The quantitative estimate of drug-likeness (QED) is 0.765. The van der Waals surface area contributed by atoms with Gasteiger partial charge in [-0.25, -0.2) is 4.79 Å². The summed E-state index contributed by atoms with van der Waals surface area (Å²) in [5.74, 6) is 1.47. The van der Waals surface area contributed by atoms with Crippen LogP contribution in [0.1, 0.15) is 24.6 Å². The van der Waals surface area contributed by atoms with Gasteiger partial charge in [0.2, 0.25) is 0 Å². The number of nitrogens with one attached hydrogen (secondary N) is 1. The van der Waals surface area contributed by atoms with Crippen molar-refractivity contribution < 1.29 is 14.4 Å². The van der Waals surface area contributed by atoms with Gasteiger partial charge in [-0.3, -0.25) is 5.32 Å². The molecule has 0 atom stereocenters. The molecule has 0 radical (unpaired) electrons. The van der Waals surface area contributed by atoms with Crippen LogP contribution in [0.3, 0.4) is 0 Å². The normalized spacial score (nSPS) is 14.5. The van der Waals surface area contributed by atoms with Gasteiger partial charge in [-0.05, 0) is 18.9 Å². The van der Waals surface area contributed by atoms with E-state index in [-0.39, 0.29) is 0 Å². The predicted octanol–water partition coefficient (Wildman–Crippen LogP) is 3.92. The van der Waals surface area contributed by atoms with E-state index in [1.165, 1.54) is 11.3 Å². The maximum absolute atomic E-state index is 11.0. The number of fused-ring (bicyclic) bond motifs is 1. The summed E-state index contributed by atoms with van der Waals surface area (Å²) < 4.78 is 6.33. The third kappa shape index (κ3) is 2.15. The first-order valence-corrected chi connectivity index (χ1v) is 7.39. The molecule has 7 heteroatoms. The molecule has 0 spiro atoms. The van der Waals surface area contributed by atoms with E-state index in [2.05, 4.69) is 15.5 Å². The Labute approximate surface area is 123 Å². The van der Waals surface area contributed by atoms with Gasteiger partial charge in [-0.2, -0.15) is 4.98 Å². The van der Waals surface area contributed by atoms with Gasteiger partial charge in [0.05, 0.1) is 5.56 Å². The molecule has 1 fully saturated rings. The molecule has 4 rings (SSSR count). The summed E-state index contributed by atoms with van der Waals surface area (Å²) in [7, 11) is 0. The Kier molecular flexibility index (Phi) is 2.68. The average molecular weight is 301 g/mol. The zero-order chi connectivity index (χ0) is 14.4. The number of hydrogen-bond donors (Lipinski definition) is 2. The molecule has 21 heavy (non-hydrogen) atoms. The fourth-order valence-corrected chi connectivity index (χ4v) is 3.37. The molecule has 2 aromatic heterocycles. The third-order valence-corrected chi connectivity index (χ3v) is 4.50. The van der Waals surface area contributed by atoms with Crippen LogP contribution in [0, 0.1) is 0 Å². The van der Waals surface area contributed by atoms with Crippen molar-refractivity contribution in [2.75, 3.05) is 5.32 Å². The highest BCUT2D eigenvalue weighted by Crippen LogP contribution is 2.44. The van der Waals surface area contributed by atoms with Gasteiger partial charge in [0, 0.05) is 16.0 Å². The molecule has 2 N–H and O–H groups in total. The van der Waals surface area contributed by atoms with Gasteiger partial charge >= 0.3 is 6.09 Å². The van der Waals surface area contributed by atoms with Crippen LogP contribution in [-0.2, 0) is 0 Å². The number of amides is 1. The molecule has 0 unspecified atom stereocenters. The van der Waals surface area contributed by atoms with Crippen LogP contribution >= 0.6 is 11.3 Å². The van der Waals surface area contributed by atoms with Crippen molar-refractivity contribution in [2.45, 2.75) is 18.8 Å². The first-order valence-electron chi connectivity index (χ1n) is 6.58. The number of carbonyl (C=O) groups is 1. The molecule has 1 aromatic carbocycles. The maximum atomic E-state index is 11.0. The number of aromatic nitrogens is 2. The number of nitrogens with zero attached hydrogens (tertiary/aromatic N) is 2. The molecule has 0 aliphatic heterocycles. The van der Waals surface area contributed by atoms with Gasteiger partial charge in [-0.15, -0.1) is 11.3 Å². The number of hydrogen-bond acceptors (Lipinski definition) is 5. The summed E-state index contributed by atoms with van der Waals surface area (Å²) in [6, 6.07) is 7.68. The Bertz CT molecular complexity index is 835. The molecule has 2 heterocycles. The Hall–Kier alpha value is -2.41. The second-order valence-electron chi connectivity index (χ2n) is 4.96. The highest BCUT2D eigenvalue weighted by molar-refractivity contribution is 7.23. The zero-order valence-corrected chi connectivity index (χ0v) is 11.7. The average Bonchev–Trinajstić information content (AvgIpc) is 3.08. The Morgan fingerprint density at radius 3 is 2.95 bits per heavy atom. The minimum Gasteiger partial charge on any atom is -0.465 e. The van der Waals surface area contributed by atoms with Crippen molar-refractivity contribution in [2.24, 2.45) is 0 Å². The summed E-state index contributed by atoms with van der Waals surface area (Å²) in [5.41, 5.74) is 0.664. The lowest BCUT2D eigenvalue weighted by molar-refractivity contribution is 0.210. The van der Waals surface area contributed by atoms with Crippen molar-refractivity contribution in [3.05, 3.63) is 30.1 Å². The van der Waals surface area contributed by atoms with Crippen LogP contribution in [-0.4, -0.2) is 21.3 Å². The number of anilines is 1. The Balaban J connectivity index is 1.88. The zero-order valence-electron chi connectivity index (χ0n) is 10.9. The molecule has 0 bridgehead atoms. The molecule has 1 amide bonds. The van der Waals surface area contributed by atoms with Crippen LogP contribution in [0.2, 0.25) is 0 Å². The largest absolute Gasteiger partial charge is 0.465 e. The Morgan fingerprint density at radius 1 is 1.38 bits per heavy atom. The maximum Gasteiger partial charge on any atom is 0.409 e. The molecule has 1 aliphatic rings. The fraction of sp³-hybridized carbons (Fsp3) is 0.214. The predicted molar refractivity (Wildman–Crippen MR) is 78.7 cm³/mol. The van der Waals surface area contributed by atoms with Crippen LogP contribution < -0.4 is 5.32 Å². The molecule has 6 nitrogen and oxygen atoms in total. The van der Waals surface area contributed by atoms with Crippen LogP contribution in [0.25, 0.3) is 21.5 Å². The molecule has 1 aliphatic carbocycles. The summed E-state index contributed by atoms with van der Waals surface area (Å²) in [5, 5.41) is 16.8. The molecule has 3 aromatic rings. The van der Waals surface area contributed by atoms with Crippen LogP contribution in [0.5, 0.6) is 0 Å². The van der Waals surface area contributed by atoms with E-state index in [9.17, 15) is 4.79 Å². The van der Waals surface area contributed by atoms with Gasteiger partial charge in [0.15, 0.2) is 5.82 Å². The first kappa shape index (κ1) is 12.3. The minimum absolute atomic E-state index is 0.373. The van der Waals surface area contributed by atoms with E-state index in [1.807, 2.05) is 24.3 Å². The van der Waals surface area contributed by atoms with Gasteiger partial charge in [0.25, 0.3) is 5.89 Å². The summed E-state index contributed by atoms with van der Waals surface area (Å²) in [6.45, 7) is 0. The van der Waals surface area contributed by atoms with E-state index >= 15 is 0 Å². The van der Waals surface area contributed by atoms with Crippen molar-refractivity contribution in [1.82, 2.24) is 10.1 Å². The monoisotopic (exact) mass is 301 g/mol. The van der Waals surface area contributed by atoms with E-state index < -0.39 is 6.09 Å². The van der Waals surface area contributed by atoms with Gasteiger partial charge < -0.3 is 9.63 Å².